The van der Waals surface area contributed by atoms with E-state index in [2.05, 4.69) is 50.1 Å². The van der Waals surface area contributed by atoms with Crippen LogP contribution in [0.25, 0.3) is 17.0 Å². The Labute approximate surface area is 190 Å². The smallest absolute Gasteiger partial charge is 0.262 e. The maximum atomic E-state index is 12.6. The highest BCUT2D eigenvalue weighted by molar-refractivity contribution is 9.10. The molecule has 1 atom stereocenters. The molecule has 0 spiro atoms. The van der Waals surface area contributed by atoms with Crippen LogP contribution in [0, 0.1) is 18.3 Å². The highest BCUT2D eigenvalue weighted by atomic mass is 79.9. The minimum atomic E-state index is -0.359. The zero-order chi connectivity index (χ0) is 21.8. The van der Waals surface area contributed by atoms with Gasteiger partial charge in [0.05, 0.1) is 6.10 Å². The second kappa shape index (κ2) is 9.51. The van der Waals surface area contributed by atoms with E-state index in [4.69, 9.17) is 4.74 Å². The van der Waals surface area contributed by atoms with Crippen LogP contribution in [0.2, 0.25) is 0 Å². The van der Waals surface area contributed by atoms with E-state index < -0.39 is 0 Å². The lowest BCUT2D eigenvalue weighted by Gasteiger charge is -2.10. The lowest BCUT2D eigenvalue weighted by Crippen LogP contribution is -2.32. The van der Waals surface area contributed by atoms with Crippen molar-refractivity contribution >= 4 is 38.8 Å². The Morgan fingerprint density at radius 1 is 1.29 bits per heavy atom. The van der Waals surface area contributed by atoms with Crippen LogP contribution in [-0.4, -0.2) is 29.7 Å². The average Bonchev–Trinajstić information content (AvgIpc) is 3.39. The number of para-hydroxylation sites is 1. The molecule has 1 aliphatic heterocycles. The van der Waals surface area contributed by atoms with Crippen molar-refractivity contribution in [3.63, 3.8) is 0 Å². The topological polar surface area (TPSA) is 67.1 Å². The van der Waals surface area contributed by atoms with Gasteiger partial charge in [0.1, 0.15) is 11.6 Å². The molecule has 158 valence electrons. The Bertz CT molecular complexity index is 1170. The first-order chi connectivity index (χ1) is 15.1. The Balaban J connectivity index is 1.66. The summed E-state index contributed by atoms with van der Waals surface area (Å²) in [4.78, 5) is 12.6. The molecule has 1 saturated heterocycles. The van der Waals surface area contributed by atoms with Gasteiger partial charge >= 0.3 is 0 Å². The summed E-state index contributed by atoms with van der Waals surface area (Å²) in [6.07, 6.45) is 3.70. The second-order valence-corrected chi connectivity index (χ2v) is 8.66. The van der Waals surface area contributed by atoms with E-state index in [1.807, 2.05) is 37.3 Å². The quantitative estimate of drug-likeness (QED) is 0.402. The van der Waals surface area contributed by atoms with Crippen molar-refractivity contribution < 1.29 is 9.53 Å². The summed E-state index contributed by atoms with van der Waals surface area (Å²) in [6.45, 7) is 3.91. The van der Waals surface area contributed by atoms with Crippen molar-refractivity contribution in [3.8, 4) is 6.07 Å². The standard InChI is InChI=1S/C25H24BrN3O2/c1-17-23(13-19(14-27)25(30)28-15-21-5-4-12-31-21)22-6-2-3-7-24(22)29(17)16-18-8-10-20(26)11-9-18/h2-3,6-11,13,21H,4-5,12,15-16H2,1H3,(H,28,30)/b19-13-. The number of nitrogens with one attached hydrogen (secondary N) is 1. The van der Waals surface area contributed by atoms with Gasteiger partial charge in [-0.1, -0.05) is 46.3 Å². The Hall–Kier alpha value is -2.88. The lowest BCUT2D eigenvalue weighted by atomic mass is 10.1. The molecule has 0 aliphatic carbocycles. The second-order valence-electron chi connectivity index (χ2n) is 7.74. The van der Waals surface area contributed by atoms with Crippen LogP contribution in [0.3, 0.4) is 0 Å². The molecule has 1 aromatic heterocycles. The van der Waals surface area contributed by atoms with Crippen molar-refractivity contribution in [1.29, 1.82) is 5.26 Å². The van der Waals surface area contributed by atoms with Crippen LogP contribution in [-0.2, 0) is 16.1 Å². The minimum absolute atomic E-state index is 0.0402. The number of benzene rings is 2. The van der Waals surface area contributed by atoms with E-state index in [1.54, 1.807) is 6.08 Å². The number of halogens is 1. The summed E-state index contributed by atoms with van der Waals surface area (Å²) >= 11 is 3.48. The molecule has 1 aliphatic rings. The molecule has 0 radical (unpaired) electrons. The van der Waals surface area contributed by atoms with Gasteiger partial charge in [0, 0.05) is 46.3 Å². The van der Waals surface area contributed by atoms with Crippen molar-refractivity contribution in [3.05, 3.63) is 75.4 Å². The predicted molar refractivity (Wildman–Crippen MR) is 125 cm³/mol. The summed E-state index contributed by atoms with van der Waals surface area (Å²) in [5.41, 5.74) is 4.27. The summed E-state index contributed by atoms with van der Waals surface area (Å²) < 4.78 is 8.82. The lowest BCUT2D eigenvalue weighted by molar-refractivity contribution is -0.117. The molecule has 6 heteroatoms. The van der Waals surface area contributed by atoms with Gasteiger partial charge in [-0.3, -0.25) is 4.79 Å². The van der Waals surface area contributed by atoms with Gasteiger partial charge in [-0.15, -0.1) is 0 Å². The largest absolute Gasteiger partial charge is 0.376 e. The van der Waals surface area contributed by atoms with E-state index in [-0.39, 0.29) is 17.6 Å². The first-order valence-electron chi connectivity index (χ1n) is 10.4. The van der Waals surface area contributed by atoms with Gasteiger partial charge in [0.25, 0.3) is 5.91 Å². The number of amides is 1. The summed E-state index contributed by atoms with van der Waals surface area (Å²) in [6, 6.07) is 18.4. The maximum Gasteiger partial charge on any atom is 0.262 e. The van der Waals surface area contributed by atoms with Crippen LogP contribution in [0.1, 0.15) is 29.7 Å². The molecule has 2 heterocycles. The van der Waals surface area contributed by atoms with Crippen molar-refractivity contribution in [2.75, 3.05) is 13.2 Å². The molecule has 1 unspecified atom stereocenters. The van der Waals surface area contributed by atoms with Crippen molar-refractivity contribution in [2.24, 2.45) is 0 Å². The third-order valence-corrected chi connectivity index (χ3v) is 6.23. The average molecular weight is 478 g/mol. The summed E-state index contributed by atoms with van der Waals surface area (Å²) in [5, 5.41) is 13.5. The van der Waals surface area contributed by atoms with E-state index in [0.717, 1.165) is 46.1 Å². The number of hydrogen-bond acceptors (Lipinski definition) is 3. The molecular weight excluding hydrogens is 454 g/mol. The number of fused-ring (bicyclic) bond motifs is 1. The number of aromatic nitrogens is 1. The van der Waals surface area contributed by atoms with Gasteiger partial charge in [-0.25, -0.2) is 0 Å². The zero-order valence-electron chi connectivity index (χ0n) is 17.4. The van der Waals surface area contributed by atoms with E-state index in [9.17, 15) is 10.1 Å². The molecule has 3 aromatic rings. The molecule has 1 N–H and O–H groups in total. The predicted octanol–water partition coefficient (Wildman–Crippen LogP) is 4.96. The SMILES string of the molecule is Cc1c(/C=C(/C#N)C(=O)NCC2CCCO2)c2ccccc2n1Cc1ccc(Br)cc1. The number of nitriles is 1. The monoisotopic (exact) mass is 477 g/mol. The molecule has 2 aromatic carbocycles. The number of nitrogens with zero attached hydrogens (tertiary/aromatic N) is 2. The van der Waals surface area contributed by atoms with E-state index in [0.29, 0.717) is 13.1 Å². The number of carbonyl (C=O) groups excluding carboxylic acids is 1. The van der Waals surface area contributed by atoms with E-state index in [1.165, 1.54) is 5.56 Å². The van der Waals surface area contributed by atoms with Gasteiger partial charge in [-0.05, 0) is 49.6 Å². The minimum Gasteiger partial charge on any atom is -0.376 e. The maximum absolute atomic E-state index is 12.6. The highest BCUT2D eigenvalue weighted by Gasteiger charge is 2.19. The van der Waals surface area contributed by atoms with Gasteiger partial charge in [0.15, 0.2) is 0 Å². The number of ether oxygens (including phenoxy) is 1. The first-order valence-corrected chi connectivity index (χ1v) is 11.2. The molecule has 0 bridgehead atoms. The molecular formula is C25H24BrN3O2. The van der Waals surface area contributed by atoms with Crippen LogP contribution >= 0.6 is 15.9 Å². The van der Waals surface area contributed by atoms with Crippen LogP contribution in [0.15, 0.2) is 58.6 Å². The van der Waals surface area contributed by atoms with Gasteiger partial charge in [-0.2, -0.15) is 5.26 Å². The third kappa shape index (κ3) is 4.73. The van der Waals surface area contributed by atoms with E-state index >= 15 is 0 Å². The fourth-order valence-electron chi connectivity index (χ4n) is 4.02. The number of hydrogen-bond donors (Lipinski definition) is 1. The summed E-state index contributed by atoms with van der Waals surface area (Å²) in [7, 11) is 0. The van der Waals surface area contributed by atoms with Crippen LogP contribution in [0.5, 0.6) is 0 Å². The third-order valence-electron chi connectivity index (χ3n) is 5.70. The van der Waals surface area contributed by atoms with Gasteiger partial charge in [0.2, 0.25) is 0 Å². The zero-order valence-corrected chi connectivity index (χ0v) is 19.0. The molecule has 0 saturated carbocycles. The highest BCUT2D eigenvalue weighted by Crippen LogP contribution is 2.29. The van der Waals surface area contributed by atoms with Gasteiger partial charge < -0.3 is 14.6 Å². The molecule has 1 amide bonds. The first kappa shape index (κ1) is 21.4. The van der Waals surface area contributed by atoms with Crippen molar-refractivity contribution in [2.45, 2.75) is 32.4 Å². The number of carbonyl (C=O) groups is 1. The Morgan fingerprint density at radius 3 is 2.77 bits per heavy atom. The van der Waals surface area contributed by atoms with Crippen molar-refractivity contribution in [1.82, 2.24) is 9.88 Å². The van der Waals surface area contributed by atoms with Crippen LogP contribution in [0.4, 0.5) is 0 Å². The molecule has 4 rings (SSSR count). The Kier molecular flexibility index (Phi) is 6.55. The number of rotatable bonds is 6. The fraction of sp³-hybridized carbons (Fsp3) is 0.280. The summed E-state index contributed by atoms with van der Waals surface area (Å²) in [5.74, 6) is -0.359. The fourth-order valence-corrected chi connectivity index (χ4v) is 4.28. The normalized spacial score (nSPS) is 16.4. The molecule has 1 fully saturated rings. The molecule has 5 nitrogen and oxygen atoms in total. The van der Waals surface area contributed by atoms with Crippen LogP contribution < -0.4 is 5.32 Å². The Morgan fingerprint density at radius 2 is 2.06 bits per heavy atom. The molecule has 31 heavy (non-hydrogen) atoms.